The van der Waals surface area contributed by atoms with Gasteiger partial charge in [-0.2, -0.15) is 0 Å². The van der Waals surface area contributed by atoms with E-state index < -0.39 is 0 Å². The Morgan fingerprint density at radius 3 is 2.77 bits per heavy atom. The van der Waals surface area contributed by atoms with Crippen LogP contribution in [0.4, 0.5) is 5.13 Å². The normalized spacial score (nSPS) is 13.0. The zero-order valence-corrected chi connectivity index (χ0v) is 15.8. The van der Waals surface area contributed by atoms with E-state index in [0.29, 0.717) is 0 Å². The molecule has 0 bridgehead atoms. The van der Waals surface area contributed by atoms with E-state index in [1.54, 1.807) is 11.3 Å². The molecular formula is C21H22N4S. The Morgan fingerprint density at radius 1 is 1.15 bits per heavy atom. The minimum Gasteiger partial charge on any atom is -0.361 e. The van der Waals surface area contributed by atoms with Crippen molar-refractivity contribution in [3.8, 4) is 0 Å². The van der Waals surface area contributed by atoms with Crippen molar-refractivity contribution in [2.75, 3.05) is 11.9 Å². The molecule has 3 aromatic heterocycles. The van der Waals surface area contributed by atoms with Crippen molar-refractivity contribution in [1.29, 1.82) is 0 Å². The third-order valence-electron chi connectivity index (χ3n) is 4.81. The maximum Gasteiger partial charge on any atom is 0.182 e. The fourth-order valence-corrected chi connectivity index (χ4v) is 4.10. The van der Waals surface area contributed by atoms with Gasteiger partial charge < -0.3 is 9.72 Å². The van der Waals surface area contributed by atoms with Gasteiger partial charge in [0.2, 0.25) is 0 Å². The molecule has 1 atom stereocenters. The van der Waals surface area contributed by atoms with Crippen LogP contribution < -0.4 is 5.32 Å². The first kappa shape index (κ1) is 16.8. The molecule has 26 heavy (non-hydrogen) atoms. The van der Waals surface area contributed by atoms with Crippen LogP contribution in [-0.4, -0.2) is 20.9 Å². The highest BCUT2D eigenvalue weighted by Gasteiger charge is 2.32. The summed E-state index contributed by atoms with van der Waals surface area (Å²) in [6.45, 7) is 5.46. The number of pyridine rings is 1. The number of nitrogens with one attached hydrogen (secondary N) is 1. The first-order valence-corrected chi connectivity index (χ1v) is 9.61. The minimum atomic E-state index is -0.00854. The van der Waals surface area contributed by atoms with Gasteiger partial charge in [0.15, 0.2) is 5.13 Å². The van der Waals surface area contributed by atoms with E-state index in [2.05, 4.69) is 77.8 Å². The molecule has 3 heterocycles. The standard InChI is InChI=1S/C21H22N4S/c1-21(2,14-24-20-23-9-11-26-20)19(16-6-4-3-5-7-16)17-8-10-25-15-22-13-18(25)12-17/h3-13,15,19H,14H2,1-2H3,(H,23,24). The first-order valence-electron chi connectivity index (χ1n) is 8.73. The maximum absolute atomic E-state index is 4.35. The quantitative estimate of drug-likeness (QED) is 0.521. The summed E-state index contributed by atoms with van der Waals surface area (Å²) in [4.78, 5) is 8.60. The van der Waals surface area contributed by atoms with E-state index >= 15 is 0 Å². The topological polar surface area (TPSA) is 42.2 Å². The van der Waals surface area contributed by atoms with Crippen LogP contribution in [0, 0.1) is 5.41 Å². The van der Waals surface area contributed by atoms with Crippen LogP contribution in [0.5, 0.6) is 0 Å². The maximum atomic E-state index is 4.35. The second-order valence-corrected chi connectivity index (χ2v) is 8.10. The summed E-state index contributed by atoms with van der Waals surface area (Å²) >= 11 is 1.64. The molecule has 0 saturated heterocycles. The van der Waals surface area contributed by atoms with Crippen LogP contribution in [0.15, 0.2) is 72.8 Å². The van der Waals surface area contributed by atoms with E-state index in [4.69, 9.17) is 0 Å². The Morgan fingerprint density at radius 2 is 2.00 bits per heavy atom. The van der Waals surface area contributed by atoms with Gasteiger partial charge in [0.05, 0.1) is 18.0 Å². The molecule has 5 heteroatoms. The van der Waals surface area contributed by atoms with Crippen LogP contribution in [-0.2, 0) is 0 Å². The number of hydrogen-bond donors (Lipinski definition) is 1. The smallest absolute Gasteiger partial charge is 0.182 e. The lowest BCUT2D eigenvalue weighted by Gasteiger charge is -2.35. The van der Waals surface area contributed by atoms with Crippen LogP contribution >= 0.6 is 11.3 Å². The molecule has 1 N–H and O–H groups in total. The van der Waals surface area contributed by atoms with Crippen molar-refractivity contribution in [1.82, 2.24) is 14.4 Å². The number of imidazole rings is 1. The molecule has 0 aliphatic rings. The molecule has 0 radical (unpaired) electrons. The average Bonchev–Trinajstić information content (AvgIpc) is 3.32. The van der Waals surface area contributed by atoms with E-state index in [1.807, 2.05) is 28.5 Å². The number of aromatic nitrogens is 3. The monoisotopic (exact) mass is 362 g/mol. The molecule has 1 aromatic carbocycles. The first-order chi connectivity index (χ1) is 12.6. The summed E-state index contributed by atoms with van der Waals surface area (Å²) in [5.41, 5.74) is 3.73. The van der Waals surface area contributed by atoms with Crippen molar-refractivity contribution in [3.05, 3.63) is 83.9 Å². The summed E-state index contributed by atoms with van der Waals surface area (Å²) in [5, 5.41) is 6.47. The Balaban J connectivity index is 1.72. The average molecular weight is 363 g/mol. The van der Waals surface area contributed by atoms with Crippen LogP contribution in [0.3, 0.4) is 0 Å². The van der Waals surface area contributed by atoms with Crippen molar-refractivity contribution in [3.63, 3.8) is 0 Å². The molecule has 0 spiro atoms. The number of anilines is 1. The van der Waals surface area contributed by atoms with Crippen LogP contribution in [0.1, 0.15) is 30.9 Å². The van der Waals surface area contributed by atoms with E-state index in [9.17, 15) is 0 Å². The molecule has 4 nitrogen and oxygen atoms in total. The SMILES string of the molecule is CC(C)(CNc1nccs1)C(c1ccccc1)c1ccn2cncc2c1. The minimum absolute atomic E-state index is 0.00854. The van der Waals surface area contributed by atoms with Gasteiger partial charge in [-0.15, -0.1) is 11.3 Å². The van der Waals surface area contributed by atoms with E-state index in [0.717, 1.165) is 17.2 Å². The number of nitrogens with zero attached hydrogens (tertiary/aromatic N) is 3. The van der Waals surface area contributed by atoms with Gasteiger partial charge in [-0.05, 0) is 28.7 Å². The largest absolute Gasteiger partial charge is 0.361 e. The van der Waals surface area contributed by atoms with Gasteiger partial charge in [-0.25, -0.2) is 9.97 Å². The Bertz CT molecular complexity index is 974. The van der Waals surface area contributed by atoms with Crippen molar-refractivity contribution in [2.45, 2.75) is 19.8 Å². The predicted molar refractivity (Wildman–Crippen MR) is 108 cm³/mol. The van der Waals surface area contributed by atoms with Gasteiger partial charge in [0.1, 0.15) is 0 Å². The second-order valence-electron chi connectivity index (χ2n) is 7.21. The zero-order valence-electron chi connectivity index (χ0n) is 15.0. The molecule has 4 rings (SSSR count). The van der Waals surface area contributed by atoms with Gasteiger partial charge in [0.25, 0.3) is 0 Å². The molecular weight excluding hydrogens is 340 g/mol. The Labute approximate surface area is 157 Å². The Hall–Kier alpha value is -2.66. The van der Waals surface area contributed by atoms with Gasteiger partial charge in [0, 0.05) is 30.2 Å². The highest BCUT2D eigenvalue weighted by Crippen LogP contribution is 2.41. The summed E-state index contributed by atoms with van der Waals surface area (Å²) in [7, 11) is 0. The summed E-state index contributed by atoms with van der Waals surface area (Å²) in [5.74, 6) is 0.260. The lowest BCUT2D eigenvalue weighted by atomic mass is 9.71. The fourth-order valence-electron chi connectivity index (χ4n) is 3.57. The molecule has 1 unspecified atom stereocenters. The highest BCUT2D eigenvalue weighted by molar-refractivity contribution is 7.13. The molecule has 0 saturated carbocycles. The van der Waals surface area contributed by atoms with Crippen molar-refractivity contribution < 1.29 is 0 Å². The number of hydrogen-bond acceptors (Lipinski definition) is 4. The van der Waals surface area contributed by atoms with Gasteiger partial charge in [-0.1, -0.05) is 44.2 Å². The summed E-state index contributed by atoms with van der Waals surface area (Å²) < 4.78 is 2.05. The Kier molecular flexibility index (Phi) is 4.47. The predicted octanol–water partition coefficient (Wildman–Crippen LogP) is 5.06. The van der Waals surface area contributed by atoms with Gasteiger partial charge in [-0.3, -0.25) is 0 Å². The molecule has 132 valence electrons. The fraction of sp³-hybridized carbons (Fsp3) is 0.238. The molecule has 0 fully saturated rings. The highest BCUT2D eigenvalue weighted by atomic mass is 32.1. The van der Waals surface area contributed by atoms with Crippen LogP contribution in [0.25, 0.3) is 5.52 Å². The number of fused-ring (bicyclic) bond motifs is 1. The summed E-state index contributed by atoms with van der Waals surface area (Å²) in [6, 6.07) is 15.2. The zero-order chi connectivity index (χ0) is 18.0. The lowest BCUT2D eigenvalue weighted by Crippen LogP contribution is -2.31. The van der Waals surface area contributed by atoms with E-state index in [1.165, 1.54) is 11.1 Å². The molecule has 0 amide bonds. The number of benzene rings is 1. The second kappa shape index (κ2) is 6.92. The van der Waals surface area contributed by atoms with Crippen molar-refractivity contribution >= 4 is 22.0 Å². The third kappa shape index (κ3) is 3.35. The van der Waals surface area contributed by atoms with Crippen LogP contribution in [0.2, 0.25) is 0 Å². The molecule has 4 aromatic rings. The van der Waals surface area contributed by atoms with Gasteiger partial charge >= 0.3 is 0 Å². The lowest BCUT2D eigenvalue weighted by molar-refractivity contribution is 0.340. The molecule has 0 aliphatic carbocycles. The van der Waals surface area contributed by atoms with E-state index in [-0.39, 0.29) is 11.3 Å². The third-order valence-corrected chi connectivity index (χ3v) is 5.54. The summed E-state index contributed by atoms with van der Waals surface area (Å²) in [6.07, 6.45) is 7.68. The number of rotatable bonds is 6. The molecule has 0 aliphatic heterocycles. The van der Waals surface area contributed by atoms with Crippen molar-refractivity contribution in [2.24, 2.45) is 5.41 Å². The number of thiazole rings is 1.